The molecule has 176 valence electrons. The molecule has 1 fully saturated rings. The number of nitrogens with zero attached hydrogens (tertiary/aromatic N) is 2. The van der Waals surface area contributed by atoms with Gasteiger partial charge in [-0.1, -0.05) is 37.3 Å². The summed E-state index contributed by atoms with van der Waals surface area (Å²) >= 11 is 0. The third-order valence-electron chi connectivity index (χ3n) is 6.34. The van der Waals surface area contributed by atoms with Gasteiger partial charge in [0.1, 0.15) is 17.9 Å². The van der Waals surface area contributed by atoms with Gasteiger partial charge in [0.15, 0.2) is 6.29 Å². The van der Waals surface area contributed by atoms with Crippen molar-refractivity contribution < 1.29 is 14.2 Å². The Morgan fingerprint density at radius 2 is 1.82 bits per heavy atom. The van der Waals surface area contributed by atoms with E-state index in [2.05, 4.69) is 68.1 Å². The minimum absolute atomic E-state index is 0.000778. The van der Waals surface area contributed by atoms with Gasteiger partial charge in [-0.2, -0.15) is 0 Å². The third-order valence-corrected chi connectivity index (χ3v) is 6.34. The Kier molecular flexibility index (Phi) is 8.19. The highest BCUT2D eigenvalue weighted by Crippen LogP contribution is 2.29. The number of benzene rings is 2. The molecule has 0 N–H and O–H groups in total. The van der Waals surface area contributed by atoms with Gasteiger partial charge in [-0.15, -0.1) is 0 Å². The van der Waals surface area contributed by atoms with E-state index in [0.29, 0.717) is 6.61 Å². The minimum Gasteiger partial charge on any atom is -0.489 e. The van der Waals surface area contributed by atoms with Gasteiger partial charge < -0.3 is 19.1 Å². The van der Waals surface area contributed by atoms with Gasteiger partial charge in [0.2, 0.25) is 0 Å². The molecule has 1 aliphatic heterocycles. The molecule has 0 amide bonds. The molecule has 3 aromatic rings. The molecular weight excluding hydrogens is 412 g/mol. The van der Waals surface area contributed by atoms with Crippen molar-refractivity contribution in [1.82, 2.24) is 4.98 Å². The topological polar surface area (TPSA) is 43.8 Å². The maximum Gasteiger partial charge on any atom is 0.158 e. The first-order valence-corrected chi connectivity index (χ1v) is 12.4. The lowest BCUT2D eigenvalue weighted by molar-refractivity contribution is -0.193. The molecule has 2 unspecified atom stereocenters. The van der Waals surface area contributed by atoms with Crippen molar-refractivity contribution in [2.75, 3.05) is 31.2 Å². The van der Waals surface area contributed by atoms with Crippen LogP contribution in [-0.4, -0.2) is 43.7 Å². The summed E-state index contributed by atoms with van der Waals surface area (Å²) in [4.78, 5) is 7.32. The number of para-hydroxylation sites is 1. The number of aromatic nitrogens is 1. The molecular formula is C28H36N2O3. The zero-order chi connectivity index (χ0) is 23.0. The van der Waals surface area contributed by atoms with Crippen LogP contribution >= 0.6 is 0 Å². The molecule has 0 bridgehead atoms. The number of rotatable bonds is 10. The van der Waals surface area contributed by atoms with Gasteiger partial charge in [-0.3, -0.25) is 0 Å². The van der Waals surface area contributed by atoms with Crippen LogP contribution in [0.3, 0.4) is 0 Å². The molecule has 0 saturated carbocycles. The molecule has 0 spiro atoms. The Morgan fingerprint density at radius 1 is 1.00 bits per heavy atom. The summed E-state index contributed by atoms with van der Waals surface area (Å²) < 4.78 is 18.1. The molecule has 5 nitrogen and oxygen atoms in total. The Labute approximate surface area is 197 Å². The first-order chi connectivity index (χ1) is 16.2. The Bertz CT molecular complexity index is 1010. The van der Waals surface area contributed by atoms with E-state index in [1.807, 2.05) is 12.1 Å². The fourth-order valence-electron chi connectivity index (χ4n) is 4.30. The van der Waals surface area contributed by atoms with E-state index >= 15 is 0 Å². The SMILES string of the molecule is CCC(COc1cccc2ccc(-c3ccc(N(CC)CC)cc3)nc12)OC1CCCCO1. The maximum atomic E-state index is 6.23. The predicted octanol–water partition coefficient (Wildman–Crippen LogP) is 6.45. The van der Waals surface area contributed by atoms with Crippen LogP contribution < -0.4 is 9.64 Å². The summed E-state index contributed by atoms with van der Waals surface area (Å²) in [6, 6.07) is 18.9. The maximum absolute atomic E-state index is 6.23. The molecule has 2 atom stereocenters. The lowest BCUT2D eigenvalue weighted by Crippen LogP contribution is -2.31. The summed E-state index contributed by atoms with van der Waals surface area (Å²) in [5.41, 5.74) is 4.17. The van der Waals surface area contributed by atoms with Gasteiger partial charge in [0.25, 0.3) is 0 Å². The fraction of sp³-hybridized carbons (Fsp3) is 0.464. The minimum atomic E-state index is -0.108. The lowest BCUT2D eigenvalue weighted by Gasteiger charge is -2.27. The van der Waals surface area contributed by atoms with Crippen LogP contribution in [0.15, 0.2) is 54.6 Å². The van der Waals surface area contributed by atoms with Crippen LogP contribution in [0.5, 0.6) is 5.75 Å². The molecule has 1 aromatic heterocycles. The van der Waals surface area contributed by atoms with Crippen LogP contribution in [-0.2, 0) is 9.47 Å². The van der Waals surface area contributed by atoms with Gasteiger partial charge in [-0.25, -0.2) is 4.98 Å². The van der Waals surface area contributed by atoms with E-state index in [0.717, 1.165) is 73.3 Å². The predicted molar refractivity (Wildman–Crippen MR) is 135 cm³/mol. The van der Waals surface area contributed by atoms with Crippen molar-refractivity contribution in [3.63, 3.8) is 0 Å². The van der Waals surface area contributed by atoms with Crippen molar-refractivity contribution in [2.24, 2.45) is 0 Å². The number of pyridine rings is 1. The summed E-state index contributed by atoms with van der Waals surface area (Å²) in [7, 11) is 0. The second-order valence-corrected chi connectivity index (χ2v) is 8.52. The highest BCUT2D eigenvalue weighted by molar-refractivity contribution is 5.86. The number of hydrogen-bond acceptors (Lipinski definition) is 5. The van der Waals surface area contributed by atoms with E-state index in [1.54, 1.807) is 0 Å². The molecule has 1 saturated heterocycles. The molecule has 0 radical (unpaired) electrons. The largest absolute Gasteiger partial charge is 0.489 e. The van der Waals surface area contributed by atoms with E-state index < -0.39 is 0 Å². The Balaban J connectivity index is 1.50. The quantitative estimate of drug-likeness (QED) is 0.357. The van der Waals surface area contributed by atoms with Crippen LogP contribution in [0.25, 0.3) is 22.2 Å². The van der Waals surface area contributed by atoms with Crippen LogP contribution in [0, 0.1) is 0 Å². The van der Waals surface area contributed by atoms with E-state index in [1.165, 1.54) is 5.69 Å². The zero-order valence-electron chi connectivity index (χ0n) is 20.1. The monoisotopic (exact) mass is 448 g/mol. The lowest BCUT2D eigenvalue weighted by atomic mass is 10.1. The molecule has 33 heavy (non-hydrogen) atoms. The summed E-state index contributed by atoms with van der Waals surface area (Å²) in [5.74, 6) is 0.792. The first-order valence-electron chi connectivity index (χ1n) is 12.4. The van der Waals surface area contributed by atoms with Gasteiger partial charge in [0.05, 0.1) is 11.8 Å². The second-order valence-electron chi connectivity index (χ2n) is 8.52. The highest BCUT2D eigenvalue weighted by atomic mass is 16.7. The van der Waals surface area contributed by atoms with E-state index in [4.69, 9.17) is 19.2 Å². The smallest absolute Gasteiger partial charge is 0.158 e. The normalized spacial score (nSPS) is 17.1. The van der Waals surface area contributed by atoms with Crippen molar-refractivity contribution in [3.8, 4) is 17.0 Å². The summed E-state index contributed by atoms with van der Waals surface area (Å²) in [6.07, 6.45) is 4.01. The molecule has 2 heterocycles. The second kappa shape index (κ2) is 11.5. The number of hydrogen-bond donors (Lipinski definition) is 0. The molecule has 5 heteroatoms. The van der Waals surface area contributed by atoms with Crippen molar-refractivity contribution in [1.29, 1.82) is 0 Å². The standard InChI is InChI=1S/C28H36N2O3/c1-4-24(33-27-12-7-8-19-31-27)20-32-26-11-9-10-22-15-18-25(29-28(22)26)21-13-16-23(17-14-21)30(5-2)6-3/h9-11,13-18,24,27H,4-8,12,19-20H2,1-3H3. The zero-order valence-corrected chi connectivity index (χ0v) is 20.1. The average molecular weight is 449 g/mol. The number of fused-ring (bicyclic) bond motifs is 1. The molecule has 0 aliphatic carbocycles. The molecule has 1 aliphatic rings. The van der Waals surface area contributed by atoms with Crippen LogP contribution in [0.2, 0.25) is 0 Å². The third kappa shape index (κ3) is 5.84. The van der Waals surface area contributed by atoms with Crippen LogP contribution in [0.1, 0.15) is 46.5 Å². The van der Waals surface area contributed by atoms with Gasteiger partial charge in [-0.05, 0) is 63.8 Å². The van der Waals surface area contributed by atoms with Crippen molar-refractivity contribution >= 4 is 16.6 Å². The molecule has 4 rings (SSSR count). The van der Waals surface area contributed by atoms with Gasteiger partial charge in [0, 0.05) is 36.3 Å². The Hall–Kier alpha value is -2.63. The summed E-state index contributed by atoms with van der Waals surface area (Å²) in [6.45, 7) is 9.76. The molecule has 2 aromatic carbocycles. The number of anilines is 1. The van der Waals surface area contributed by atoms with Crippen molar-refractivity contribution in [3.05, 3.63) is 54.6 Å². The summed E-state index contributed by atoms with van der Waals surface area (Å²) in [5, 5.41) is 1.07. The first kappa shape index (κ1) is 23.5. The van der Waals surface area contributed by atoms with Crippen LogP contribution in [0.4, 0.5) is 5.69 Å². The van der Waals surface area contributed by atoms with E-state index in [-0.39, 0.29) is 12.4 Å². The van der Waals surface area contributed by atoms with Gasteiger partial charge >= 0.3 is 0 Å². The fourth-order valence-corrected chi connectivity index (χ4v) is 4.30. The van der Waals surface area contributed by atoms with Crippen molar-refractivity contribution in [2.45, 2.75) is 58.8 Å². The highest BCUT2D eigenvalue weighted by Gasteiger charge is 2.20. The van der Waals surface area contributed by atoms with E-state index in [9.17, 15) is 0 Å². The average Bonchev–Trinajstić information content (AvgIpc) is 2.88. The number of ether oxygens (including phenoxy) is 3. The Morgan fingerprint density at radius 3 is 2.52 bits per heavy atom.